The van der Waals surface area contributed by atoms with Gasteiger partial charge in [-0.2, -0.15) is 5.26 Å². The van der Waals surface area contributed by atoms with Crippen LogP contribution in [0.4, 0.5) is 0 Å². The van der Waals surface area contributed by atoms with Crippen molar-refractivity contribution in [3.8, 4) is 17.3 Å². The summed E-state index contributed by atoms with van der Waals surface area (Å²) in [6.45, 7) is 1.18. The minimum atomic E-state index is -0.175. The van der Waals surface area contributed by atoms with E-state index >= 15 is 0 Å². The van der Waals surface area contributed by atoms with Gasteiger partial charge in [0.25, 0.3) is 5.56 Å². The van der Waals surface area contributed by atoms with Crippen molar-refractivity contribution in [1.82, 2.24) is 14.1 Å². The highest BCUT2D eigenvalue weighted by Gasteiger charge is 2.32. The van der Waals surface area contributed by atoms with Gasteiger partial charge in [0.1, 0.15) is 0 Å². The molecule has 4 aromatic rings. The molecule has 0 bridgehead atoms. The number of hydrogen-bond acceptors (Lipinski definition) is 4. The van der Waals surface area contributed by atoms with Crippen molar-refractivity contribution in [1.29, 1.82) is 5.26 Å². The SMILES string of the molecule is N#Cc1ccc2c3c(n(CCCn4ccnc4)c(=O)c2c1)-c1ccccc1C3=O. The van der Waals surface area contributed by atoms with Crippen molar-refractivity contribution in [2.75, 3.05) is 0 Å². The van der Waals surface area contributed by atoms with Gasteiger partial charge in [0.05, 0.1) is 29.2 Å². The van der Waals surface area contributed by atoms with Crippen LogP contribution in [0.15, 0.2) is 66.0 Å². The summed E-state index contributed by atoms with van der Waals surface area (Å²) in [4.78, 5) is 30.6. The van der Waals surface area contributed by atoms with Gasteiger partial charge in [0, 0.05) is 47.4 Å². The molecule has 2 aromatic heterocycles. The molecule has 0 unspecified atom stereocenters. The lowest BCUT2D eigenvalue weighted by molar-refractivity contribution is 0.104. The second-order valence-electron chi connectivity index (χ2n) is 7.08. The standard InChI is InChI=1S/C23H16N4O2/c24-13-15-6-7-16-19(12-15)23(29)27(10-3-9-26-11-8-25-14-26)21-17-4-1-2-5-18(17)22(28)20(16)21/h1-2,4-8,11-12,14H,3,9-10H2. The Morgan fingerprint density at radius 1 is 1.00 bits per heavy atom. The second kappa shape index (κ2) is 6.57. The first-order chi connectivity index (χ1) is 14.2. The van der Waals surface area contributed by atoms with Crippen LogP contribution in [0.2, 0.25) is 0 Å². The van der Waals surface area contributed by atoms with Gasteiger partial charge in [-0.25, -0.2) is 4.98 Å². The van der Waals surface area contributed by atoms with Gasteiger partial charge in [-0.05, 0) is 18.6 Å². The average molecular weight is 380 g/mol. The number of aryl methyl sites for hydroxylation is 1. The normalized spacial score (nSPS) is 12.0. The third-order valence-corrected chi connectivity index (χ3v) is 5.41. The number of carbonyl (C=O) groups is 1. The van der Waals surface area contributed by atoms with E-state index in [0.717, 1.165) is 5.56 Å². The lowest BCUT2D eigenvalue weighted by Gasteiger charge is -2.15. The van der Waals surface area contributed by atoms with E-state index < -0.39 is 0 Å². The Hall–Kier alpha value is -3.98. The Morgan fingerprint density at radius 3 is 2.59 bits per heavy atom. The van der Waals surface area contributed by atoms with Crippen LogP contribution >= 0.6 is 0 Å². The molecule has 2 aromatic carbocycles. The smallest absolute Gasteiger partial charge is 0.258 e. The Balaban J connectivity index is 1.73. The average Bonchev–Trinajstić information content (AvgIpc) is 3.37. The van der Waals surface area contributed by atoms with Crippen LogP contribution in [0, 0.1) is 11.3 Å². The van der Waals surface area contributed by atoms with Gasteiger partial charge in [-0.3, -0.25) is 9.59 Å². The Labute approximate surface area is 166 Å². The number of ketones is 1. The highest BCUT2D eigenvalue weighted by molar-refractivity contribution is 6.26. The highest BCUT2D eigenvalue weighted by atomic mass is 16.1. The number of nitriles is 1. The summed E-state index contributed by atoms with van der Waals surface area (Å²) in [7, 11) is 0. The molecule has 0 amide bonds. The number of aromatic nitrogens is 3. The molecule has 1 aliphatic rings. The molecule has 0 aliphatic heterocycles. The molecule has 0 saturated heterocycles. The third-order valence-electron chi connectivity index (χ3n) is 5.41. The molecule has 0 radical (unpaired) electrons. The van der Waals surface area contributed by atoms with Crippen molar-refractivity contribution in [2.45, 2.75) is 19.5 Å². The van der Waals surface area contributed by atoms with Crippen molar-refractivity contribution >= 4 is 16.6 Å². The summed E-state index contributed by atoms with van der Waals surface area (Å²) < 4.78 is 3.65. The first-order valence-corrected chi connectivity index (χ1v) is 9.39. The summed E-state index contributed by atoms with van der Waals surface area (Å²) in [5, 5.41) is 10.3. The van der Waals surface area contributed by atoms with E-state index in [-0.39, 0.29) is 11.3 Å². The molecule has 0 saturated carbocycles. The van der Waals surface area contributed by atoms with Gasteiger partial charge in [0.15, 0.2) is 5.78 Å². The molecule has 0 fully saturated rings. The maximum atomic E-state index is 13.4. The van der Waals surface area contributed by atoms with Gasteiger partial charge in [0.2, 0.25) is 0 Å². The van der Waals surface area contributed by atoms with E-state index in [1.165, 1.54) is 0 Å². The molecule has 2 heterocycles. The number of carbonyl (C=O) groups excluding carboxylic acids is 1. The highest BCUT2D eigenvalue weighted by Crippen LogP contribution is 2.39. The third kappa shape index (κ3) is 2.59. The number of pyridine rings is 1. The van der Waals surface area contributed by atoms with E-state index in [2.05, 4.69) is 11.1 Å². The summed E-state index contributed by atoms with van der Waals surface area (Å²) >= 11 is 0. The fourth-order valence-corrected chi connectivity index (χ4v) is 4.09. The molecule has 0 N–H and O–H groups in total. The predicted octanol–water partition coefficient (Wildman–Crippen LogP) is 3.37. The number of rotatable bonds is 4. The van der Waals surface area contributed by atoms with Crippen LogP contribution in [0.25, 0.3) is 22.0 Å². The number of imidazole rings is 1. The summed E-state index contributed by atoms with van der Waals surface area (Å²) in [6.07, 6.45) is 6.05. The maximum Gasteiger partial charge on any atom is 0.258 e. The minimum Gasteiger partial charge on any atom is -0.337 e. The number of fused-ring (bicyclic) bond motifs is 5. The van der Waals surface area contributed by atoms with E-state index in [1.54, 1.807) is 41.4 Å². The summed E-state index contributed by atoms with van der Waals surface area (Å²) in [6, 6.07) is 14.4. The first kappa shape index (κ1) is 17.1. The van der Waals surface area contributed by atoms with Crippen LogP contribution in [-0.2, 0) is 13.1 Å². The van der Waals surface area contributed by atoms with E-state index in [0.29, 0.717) is 52.7 Å². The van der Waals surface area contributed by atoms with Crippen LogP contribution in [0.3, 0.4) is 0 Å². The summed E-state index contributed by atoms with van der Waals surface area (Å²) in [5.74, 6) is -0.0753. The van der Waals surface area contributed by atoms with Crippen molar-refractivity contribution in [2.24, 2.45) is 0 Å². The minimum absolute atomic E-state index is 0.0753. The zero-order chi connectivity index (χ0) is 20.0. The molecule has 0 spiro atoms. The molecule has 5 rings (SSSR count). The van der Waals surface area contributed by atoms with Crippen molar-refractivity contribution in [3.05, 3.63) is 88.2 Å². The Kier molecular flexibility index (Phi) is 3.88. The Bertz CT molecular complexity index is 1370. The number of benzene rings is 2. The monoisotopic (exact) mass is 380 g/mol. The van der Waals surface area contributed by atoms with Crippen LogP contribution in [0.1, 0.15) is 27.9 Å². The molecular weight excluding hydrogens is 364 g/mol. The lowest BCUT2D eigenvalue weighted by Crippen LogP contribution is -2.24. The summed E-state index contributed by atoms with van der Waals surface area (Å²) in [5.41, 5.74) is 2.86. The number of hydrogen-bond donors (Lipinski definition) is 0. The molecule has 1 aliphatic carbocycles. The van der Waals surface area contributed by atoms with E-state index in [9.17, 15) is 14.9 Å². The molecule has 29 heavy (non-hydrogen) atoms. The van der Waals surface area contributed by atoms with E-state index in [4.69, 9.17) is 0 Å². The van der Waals surface area contributed by atoms with Gasteiger partial charge in [-0.15, -0.1) is 0 Å². The van der Waals surface area contributed by atoms with Gasteiger partial charge >= 0.3 is 0 Å². The number of nitrogens with zero attached hydrogens (tertiary/aromatic N) is 4. The maximum absolute atomic E-state index is 13.4. The quantitative estimate of drug-likeness (QED) is 0.479. The lowest BCUT2D eigenvalue weighted by atomic mass is 10.0. The topological polar surface area (TPSA) is 80.7 Å². The van der Waals surface area contributed by atoms with Gasteiger partial charge < -0.3 is 9.13 Å². The van der Waals surface area contributed by atoms with Crippen LogP contribution in [-0.4, -0.2) is 19.9 Å². The Morgan fingerprint density at radius 2 is 1.83 bits per heavy atom. The molecule has 6 nitrogen and oxygen atoms in total. The van der Waals surface area contributed by atoms with E-state index in [1.807, 2.05) is 29.0 Å². The molecule has 6 heteroatoms. The predicted molar refractivity (Wildman–Crippen MR) is 109 cm³/mol. The second-order valence-corrected chi connectivity index (χ2v) is 7.08. The molecule has 140 valence electrons. The zero-order valence-corrected chi connectivity index (χ0v) is 15.5. The first-order valence-electron chi connectivity index (χ1n) is 9.39. The van der Waals surface area contributed by atoms with Crippen molar-refractivity contribution in [3.63, 3.8) is 0 Å². The van der Waals surface area contributed by atoms with Gasteiger partial charge in [-0.1, -0.05) is 30.3 Å². The molecule has 0 atom stereocenters. The van der Waals surface area contributed by atoms with Crippen LogP contribution < -0.4 is 5.56 Å². The van der Waals surface area contributed by atoms with Crippen molar-refractivity contribution < 1.29 is 4.79 Å². The fourth-order valence-electron chi connectivity index (χ4n) is 4.09. The fraction of sp³-hybridized carbons (Fsp3) is 0.130. The molecular formula is C23H16N4O2. The largest absolute Gasteiger partial charge is 0.337 e. The zero-order valence-electron chi connectivity index (χ0n) is 15.5. The van der Waals surface area contributed by atoms with Crippen LogP contribution in [0.5, 0.6) is 0 Å².